The van der Waals surface area contributed by atoms with Crippen molar-refractivity contribution < 1.29 is 0 Å². The van der Waals surface area contributed by atoms with Crippen LogP contribution in [0.15, 0.2) is 36.5 Å². The normalized spacial score (nSPS) is 23.0. The molecule has 0 bridgehead atoms. The molecule has 1 N–H and O–H groups in total. The monoisotopic (exact) mass is 274 g/mol. The van der Waals surface area contributed by atoms with E-state index in [2.05, 4.69) is 34.6 Å². The van der Waals surface area contributed by atoms with Gasteiger partial charge >= 0.3 is 0 Å². The third-order valence-electron chi connectivity index (χ3n) is 3.94. The summed E-state index contributed by atoms with van der Waals surface area (Å²) in [4.78, 5) is 4.48. The lowest BCUT2D eigenvalue weighted by molar-refractivity contribution is 0.490. The summed E-state index contributed by atoms with van der Waals surface area (Å²) in [7, 11) is 0. The summed E-state index contributed by atoms with van der Waals surface area (Å²) >= 11 is 6.14. The molecule has 1 aliphatic rings. The minimum atomic E-state index is 0.394. The molecule has 2 nitrogen and oxygen atoms in total. The summed E-state index contributed by atoms with van der Waals surface area (Å²) in [6.07, 6.45) is 5.45. The van der Waals surface area contributed by atoms with E-state index in [-0.39, 0.29) is 0 Å². The Bertz CT molecular complexity index is 550. The summed E-state index contributed by atoms with van der Waals surface area (Å²) in [5, 5.41) is 5.16. The first-order chi connectivity index (χ1) is 9.33. The Morgan fingerprint density at radius 1 is 1.21 bits per heavy atom. The number of rotatable bonds is 4. The highest BCUT2D eigenvalue weighted by Gasteiger charge is 2.22. The first-order valence-corrected chi connectivity index (χ1v) is 7.44. The van der Waals surface area contributed by atoms with Gasteiger partial charge in [-0.1, -0.05) is 24.3 Å². The molecule has 0 saturated heterocycles. The van der Waals surface area contributed by atoms with Crippen LogP contribution in [0, 0.1) is 5.92 Å². The maximum Gasteiger partial charge on any atom is 0.0746 e. The molecule has 0 aliphatic heterocycles. The Labute approximate surface area is 119 Å². The predicted molar refractivity (Wildman–Crippen MR) is 80.4 cm³/mol. The fourth-order valence-corrected chi connectivity index (χ4v) is 3.30. The number of pyridine rings is 1. The van der Waals surface area contributed by atoms with Crippen LogP contribution in [-0.4, -0.2) is 16.9 Å². The lowest BCUT2D eigenvalue weighted by Gasteiger charge is -2.11. The SMILES string of the molecule is ClC1CCC(CNCc2cccc3cccnc23)C1. The first kappa shape index (κ1) is 12.9. The van der Waals surface area contributed by atoms with Crippen molar-refractivity contribution in [1.29, 1.82) is 0 Å². The maximum absolute atomic E-state index is 6.14. The van der Waals surface area contributed by atoms with Gasteiger partial charge in [0.25, 0.3) is 0 Å². The Morgan fingerprint density at radius 3 is 2.95 bits per heavy atom. The number of nitrogens with one attached hydrogen (secondary N) is 1. The van der Waals surface area contributed by atoms with Gasteiger partial charge in [-0.05, 0) is 43.4 Å². The van der Waals surface area contributed by atoms with Gasteiger partial charge in [-0.15, -0.1) is 11.6 Å². The van der Waals surface area contributed by atoms with Gasteiger partial charge < -0.3 is 5.32 Å². The first-order valence-electron chi connectivity index (χ1n) is 7.00. The van der Waals surface area contributed by atoms with E-state index in [4.69, 9.17) is 11.6 Å². The van der Waals surface area contributed by atoms with Crippen LogP contribution in [0.25, 0.3) is 10.9 Å². The Hall–Kier alpha value is -1.12. The molecule has 1 saturated carbocycles. The maximum atomic E-state index is 6.14. The molecule has 0 spiro atoms. The van der Waals surface area contributed by atoms with E-state index in [1.165, 1.54) is 23.8 Å². The quantitative estimate of drug-likeness (QED) is 0.860. The molecule has 1 aromatic carbocycles. The molecule has 1 aromatic heterocycles. The highest BCUT2D eigenvalue weighted by molar-refractivity contribution is 6.20. The molecular weight excluding hydrogens is 256 g/mol. The van der Waals surface area contributed by atoms with Crippen molar-refractivity contribution in [3.63, 3.8) is 0 Å². The minimum Gasteiger partial charge on any atom is -0.312 e. The van der Waals surface area contributed by atoms with Gasteiger partial charge in [0.1, 0.15) is 0 Å². The number of aromatic nitrogens is 1. The second-order valence-electron chi connectivity index (χ2n) is 5.40. The summed E-state index contributed by atoms with van der Waals surface area (Å²) in [5.74, 6) is 0.741. The predicted octanol–water partition coefficient (Wildman–Crippen LogP) is 3.73. The van der Waals surface area contributed by atoms with Gasteiger partial charge in [0.05, 0.1) is 5.52 Å². The van der Waals surface area contributed by atoms with E-state index in [1.807, 2.05) is 12.3 Å². The molecule has 1 aliphatic carbocycles. The van der Waals surface area contributed by atoms with Crippen LogP contribution in [0.2, 0.25) is 0 Å². The molecule has 3 rings (SSSR count). The van der Waals surface area contributed by atoms with Crippen molar-refractivity contribution in [3.8, 4) is 0 Å². The second-order valence-corrected chi connectivity index (χ2v) is 6.02. The highest BCUT2D eigenvalue weighted by atomic mass is 35.5. The van der Waals surface area contributed by atoms with Crippen LogP contribution in [0.1, 0.15) is 24.8 Å². The smallest absolute Gasteiger partial charge is 0.0746 e. The zero-order valence-electron chi connectivity index (χ0n) is 11.0. The summed E-state index contributed by atoms with van der Waals surface area (Å²) in [6, 6.07) is 10.5. The standard InChI is InChI=1S/C16H19ClN2/c17-15-7-6-12(9-15)10-18-11-14-4-1-3-13-5-2-8-19-16(13)14/h1-5,8,12,15,18H,6-7,9-11H2. The number of hydrogen-bond acceptors (Lipinski definition) is 2. The van der Waals surface area contributed by atoms with Gasteiger partial charge in [0.15, 0.2) is 0 Å². The summed E-state index contributed by atoms with van der Waals surface area (Å²) < 4.78 is 0. The van der Waals surface area contributed by atoms with Crippen LogP contribution in [-0.2, 0) is 6.54 Å². The topological polar surface area (TPSA) is 24.9 Å². The molecule has 1 fully saturated rings. The number of hydrogen-bond donors (Lipinski definition) is 1. The van der Waals surface area contributed by atoms with Gasteiger partial charge in [0.2, 0.25) is 0 Å². The van der Waals surface area contributed by atoms with Crippen LogP contribution >= 0.6 is 11.6 Å². The Kier molecular flexibility index (Phi) is 4.00. The van der Waals surface area contributed by atoms with Crippen molar-refractivity contribution >= 4 is 22.5 Å². The molecule has 2 aromatic rings. The summed E-state index contributed by atoms with van der Waals surface area (Å²) in [5.41, 5.74) is 2.39. The van der Waals surface area contributed by atoms with Crippen molar-refractivity contribution in [2.24, 2.45) is 5.92 Å². The Morgan fingerprint density at radius 2 is 2.11 bits per heavy atom. The zero-order valence-corrected chi connectivity index (χ0v) is 11.7. The van der Waals surface area contributed by atoms with E-state index < -0.39 is 0 Å². The van der Waals surface area contributed by atoms with Crippen LogP contribution in [0.3, 0.4) is 0 Å². The second kappa shape index (κ2) is 5.89. The highest BCUT2D eigenvalue weighted by Crippen LogP contribution is 2.28. The molecule has 1 heterocycles. The third kappa shape index (κ3) is 3.07. The number of nitrogens with zero attached hydrogens (tertiary/aromatic N) is 1. The van der Waals surface area contributed by atoms with E-state index >= 15 is 0 Å². The largest absolute Gasteiger partial charge is 0.312 e. The Balaban J connectivity index is 1.62. The van der Waals surface area contributed by atoms with Crippen molar-refractivity contribution in [2.45, 2.75) is 31.2 Å². The molecular formula is C16H19ClN2. The molecule has 0 radical (unpaired) electrons. The van der Waals surface area contributed by atoms with Crippen LogP contribution in [0.4, 0.5) is 0 Å². The fourth-order valence-electron chi connectivity index (χ4n) is 2.92. The lowest BCUT2D eigenvalue weighted by Crippen LogP contribution is -2.21. The average Bonchev–Trinajstić information content (AvgIpc) is 2.85. The number of para-hydroxylation sites is 1. The van der Waals surface area contributed by atoms with Gasteiger partial charge in [-0.2, -0.15) is 0 Å². The van der Waals surface area contributed by atoms with E-state index in [1.54, 1.807) is 0 Å². The van der Waals surface area contributed by atoms with E-state index in [0.717, 1.165) is 30.9 Å². The molecule has 3 heteroatoms. The third-order valence-corrected chi connectivity index (χ3v) is 4.34. The summed E-state index contributed by atoms with van der Waals surface area (Å²) in [6.45, 7) is 1.95. The number of benzene rings is 1. The minimum absolute atomic E-state index is 0.394. The molecule has 2 atom stereocenters. The number of halogens is 1. The lowest BCUT2D eigenvalue weighted by atomic mass is 10.1. The molecule has 19 heavy (non-hydrogen) atoms. The zero-order chi connectivity index (χ0) is 13.1. The number of alkyl halides is 1. The van der Waals surface area contributed by atoms with Crippen molar-refractivity contribution in [3.05, 3.63) is 42.1 Å². The average molecular weight is 275 g/mol. The molecule has 100 valence electrons. The fraction of sp³-hybridized carbons (Fsp3) is 0.438. The molecule has 0 amide bonds. The van der Waals surface area contributed by atoms with Gasteiger partial charge in [-0.3, -0.25) is 4.98 Å². The van der Waals surface area contributed by atoms with E-state index in [9.17, 15) is 0 Å². The van der Waals surface area contributed by atoms with Crippen LogP contribution < -0.4 is 5.32 Å². The molecule has 2 unspecified atom stereocenters. The van der Waals surface area contributed by atoms with E-state index in [0.29, 0.717) is 5.38 Å². The number of fused-ring (bicyclic) bond motifs is 1. The van der Waals surface area contributed by atoms with Gasteiger partial charge in [-0.25, -0.2) is 0 Å². The van der Waals surface area contributed by atoms with Crippen molar-refractivity contribution in [1.82, 2.24) is 10.3 Å². The van der Waals surface area contributed by atoms with Crippen LogP contribution in [0.5, 0.6) is 0 Å². The van der Waals surface area contributed by atoms with Gasteiger partial charge in [0, 0.05) is 23.5 Å². The van der Waals surface area contributed by atoms with Crippen molar-refractivity contribution in [2.75, 3.05) is 6.54 Å².